The summed E-state index contributed by atoms with van der Waals surface area (Å²) in [6.45, 7) is 0. The van der Waals surface area contributed by atoms with E-state index in [9.17, 15) is 4.79 Å². The first-order chi connectivity index (χ1) is 7.18. The number of aromatic carboxylic acids is 1. The molecule has 0 saturated heterocycles. The first-order valence-electron chi connectivity index (χ1n) is 4.11. The number of hydrogen-bond acceptors (Lipinski definition) is 4. The van der Waals surface area contributed by atoms with Crippen LogP contribution < -0.4 is 0 Å². The van der Waals surface area contributed by atoms with Crippen molar-refractivity contribution in [1.82, 2.24) is 14.8 Å². The summed E-state index contributed by atoms with van der Waals surface area (Å²) in [5.41, 5.74) is 0.530. The van der Waals surface area contributed by atoms with Gasteiger partial charge in [-0.15, -0.1) is 0 Å². The predicted molar refractivity (Wildman–Crippen MR) is 50.0 cm³/mol. The Hall–Kier alpha value is -2.37. The summed E-state index contributed by atoms with van der Waals surface area (Å²) in [6, 6.07) is 6.00. The largest absolute Gasteiger partial charge is 0.508 e. The van der Waals surface area contributed by atoms with Gasteiger partial charge in [0, 0.05) is 0 Å². The van der Waals surface area contributed by atoms with Crippen LogP contribution in [0.3, 0.4) is 0 Å². The van der Waals surface area contributed by atoms with Gasteiger partial charge in [-0.3, -0.25) is 0 Å². The van der Waals surface area contributed by atoms with Crippen LogP contribution in [0.25, 0.3) is 5.69 Å². The van der Waals surface area contributed by atoms with Crippen LogP contribution in [-0.4, -0.2) is 30.9 Å². The second-order valence-corrected chi connectivity index (χ2v) is 2.82. The molecule has 0 saturated carbocycles. The lowest BCUT2D eigenvalue weighted by atomic mass is 10.3. The van der Waals surface area contributed by atoms with E-state index in [2.05, 4.69) is 10.1 Å². The van der Waals surface area contributed by atoms with Gasteiger partial charge in [0.25, 0.3) is 0 Å². The Balaban J connectivity index is 2.49. The molecule has 6 nitrogen and oxygen atoms in total. The van der Waals surface area contributed by atoms with Crippen molar-refractivity contribution in [2.24, 2.45) is 0 Å². The molecule has 0 aliphatic carbocycles. The molecule has 76 valence electrons. The molecule has 15 heavy (non-hydrogen) atoms. The zero-order valence-electron chi connectivity index (χ0n) is 7.53. The molecule has 1 aromatic carbocycles. The highest BCUT2D eigenvalue weighted by Gasteiger charge is 2.13. The maximum absolute atomic E-state index is 10.8. The second-order valence-electron chi connectivity index (χ2n) is 2.82. The molecule has 0 aliphatic rings. The van der Waals surface area contributed by atoms with Gasteiger partial charge < -0.3 is 10.2 Å². The number of phenolic OH excluding ortho intramolecular Hbond substituents is 1. The molecule has 2 aromatic rings. The molecule has 0 amide bonds. The summed E-state index contributed by atoms with van der Waals surface area (Å²) >= 11 is 0. The number of rotatable bonds is 2. The van der Waals surface area contributed by atoms with Crippen molar-refractivity contribution >= 4 is 5.97 Å². The molecule has 2 N–H and O–H groups in total. The van der Waals surface area contributed by atoms with Crippen molar-refractivity contribution < 1.29 is 15.0 Å². The quantitative estimate of drug-likeness (QED) is 0.752. The first kappa shape index (κ1) is 9.20. The van der Waals surface area contributed by atoms with Crippen molar-refractivity contribution in [3.8, 4) is 11.4 Å². The van der Waals surface area contributed by atoms with E-state index in [0.29, 0.717) is 5.69 Å². The highest BCUT2D eigenvalue weighted by molar-refractivity contribution is 5.83. The van der Waals surface area contributed by atoms with Crippen molar-refractivity contribution in [1.29, 1.82) is 0 Å². The molecule has 0 aliphatic heterocycles. The molecule has 1 heterocycles. The number of hydrogen-bond donors (Lipinski definition) is 2. The SMILES string of the molecule is O=C(O)c1ncnn1-c1ccc(O)cc1. The third kappa shape index (κ3) is 1.64. The third-order valence-corrected chi connectivity index (χ3v) is 1.83. The Morgan fingerprint density at radius 1 is 1.27 bits per heavy atom. The van der Waals surface area contributed by atoms with Crippen molar-refractivity contribution in [3.05, 3.63) is 36.4 Å². The molecular formula is C9H7N3O3. The molecule has 0 spiro atoms. The van der Waals surface area contributed by atoms with Gasteiger partial charge in [-0.1, -0.05) is 0 Å². The highest BCUT2D eigenvalue weighted by Crippen LogP contribution is 2.13. The van der Waals surface area contributed by atoms with Gasteiger partial charge in [-0.25, -0.2) is 14.5 Å². The van der Waals surface area contributed by atoms with Gasteiger partial charge in [0.2, 0.25) is 5.82 Å². The normalized spacial score (nSPS) is 10.1. The maximum atomic E-state index is 10.8. The molecule has 0 unspecified atom stereocenters. The number of phenols is 1. The first-order valence-corrected chi connectivity index (χ1v) is 4.11. The third-order valence-electron chi connectivity index (χ3n) is 1.83. The topological polar surface area (TPSA) is 88.2 Å². The Bertz CT molecular complexity index is 490. The number of carboxylic acids is 1. The molecule has 0 radical (unpaired) electrons. The van der Waals surface area contributed by atoms with Gasteiger partial charge >= 0.3 is 5.97 Å². The molecule has 1 aromatic heterocycles. The van der Waals surface area contributed by atoms with E-state index in [1.807, 2.05) is 0 Å². The highest BCUT2D eigenvalue weighted by atomic mass is 16.4. The van der Waals surface area contributed by atoms with E-state index in [4.69, 9.17) is 10.2 Å². The monoisotopic (exact) mass is 205 g/mol. The zero-order valence-corrected chi connectivity index (χ0v) is 7.53. The lowest BCUT2D eigenvalue weighted by Gasteiger charge is -2.02. The standard InChI is InChI=1S/C9H7N3O3/c13-7-3-1-6(2-4-7)12-8(9(14)15)10-5-11-12/h1-5,13H,(H,14,15). The van der Waals surface area contributed by atoms with E-state index in [1.165, 1.54) is 16.8 Å². The number of aromatic hydroxyl groups is 1. The Morgan fingerprint density at radius 2 is 1.93 bits per heavy atom. The van der Waals surface area contributed by atoms with Crippen LogP contribution in [0.2, 0.25) is 0 Å². The fourth-order valence-electron chi connectivity index (χ4n) is 1.17. The summed E-state index contributed by atoms with van der Waals surface area (Å²) in [5.74, 6) is -1.21. The van der Waals surface area contributed by atoms with E-state index in [0.717, 1.165) is 6.33 Å². The van der Waals surface area contributed by atoms with Gasteiger partial charge in [0.05, 0.1) is 5.69 Å². The van der Waals surface area contributed by atoms with Crippen LogP contribution >= 0.6 is 0 Å². The van der Waals surface area contributed by atoms with Crippen LogP contribution in [0.1, 0.15) is 10.6 Å². The number of carbonyl (C=O) groups is 1. The molecule has 2 rings (SSSR count). The van der Waals surface area contributed by atoms with Gasteiger partial charge in [0.15, 0.2) is 0 Å². The lowest BCUT2D eigenvalue weighted by molar-refractivity contribution is 0.0680. The summed E-state index contributed by atoms with van der Waals surface area (Å²) in [6.07, 6.45) is 1.16. The van der Waals surface area contributed by atoms with Crippen molar-refractivity contribution in [2.45, 2.75) is 0 Å². The summed E-state index contributed by atoms with van der Waals surface area (Å²) in [7, 11) is 0. The summed E-state index contributed by atoms with van der Waals surface area (Å²) in [4.78, 5) is 14.4. The Morgan fingerprint density at radius 3 is 2.53 bits per heavy atom. The molecule has 6 heteroatoms. The van der Waals surface area contributed by atoms with Crippen LogP contribution in [0.4, 0.5) is 0 Å². The average molecular weight is 205 g/mol. The van der Waals surface area contributed by atoms with Crippen LogP contribution in [0, 0.1) is 0 Å². The van der Waals surface area contributed by atoms with E-state index < -0.39 is 5.97 Å². The van der Waals surface area contributed by atoms with Gasteiger partial charge in [-0.2, -0.15) is 5.10 Å². The van der Waals surface area contributed by atoms with Crippen LogP contribution in [-0.2, 0) is 0 Å². The smallest absolute Gasteiger partial charge is 0.374 e. The lowest BCUT2D eigenvalue weighted by Crippen LogP contribution is -2.08. The van der Waals surface area contributed by atoms with E-state index >= 15 is 0 Å². The Kier molecular flexibility index (Phi) is 2.09. The minimum absolute atomic E-state index is 0.107. The van der Waals surface area contributed by atoms with E-state index in [-0.39, 0.29) is 11.6 Å². The second kappa shape index (κ2) is 3.41. The summed E-state index contributed by atoms with van der Waals surface area (Å²) in [5, 5.41) is 21.6. The fraction of sp³-hybridized carbons (Fsp3) is 0. The number of nitrogens with zero attached hydrogens (tertiary/aromatic N) is 3. The maximum Gasteiger partial charge on any atom is 0.374 e. The van der Waals surface area contributed by atoms with E-state index in [1.54, 1.807) is 12.1 Å². The minimum atomic E-state index is -1.15. The van der Waals surface area contributed by atoms with Gasteiger partial charge in [0.1, 0.15) is 12.1 Å². The number of aromatic nitrogens is 3. The fourth-order valence-corrected chi connectivity index (χ4v) is 1.17. The molecular weight excluding hydrogens is 198 g/mol. The average Bonchev–Trinajstić information content (AvgIpc) is 2.67. The Labute approximate surface area is 84.4 Å². The molecule has 0 atom stereocenters. The van der Waals surface area contributed by atoms with Crippen LogP contribution in [0.15, 0.2) is 30.6 Å². The van der Waals surface area contributed by atoms with Crippen molar-refractivity contribution in [2.75, 3.05) is 0 Å². The predicted octanol–water partition coefficient (Wildman–Crippen LogP) is 0.671. The zero-order chi connectivity index (χ0) is 10.8. The minimum Gasteiger partial charge on any atom is -0.508 e. The molecule has 0 bridgehead atoms. The number of benzene rings is 1. The van der Waals surface area contributed by atoms with Crippen LogP contribution in [0.5, 0.6) is 5.75 Å². The number of carboxylic acid groups (broad SMARTS) is 1. The van der Waals surface area contributed by atoms with Gasteiger partial charge in [-0.05, 0) is 24.3 Å². The van der Waals surface area contributed by atoms with Crippen molar-refractivity contribution in [3.63, 3.8) is 0 Å². The molecule has 0 fully saturated rings. The summed E-state index contributed by atoms with van der Waals surface area (Å²) < 4.78 is 1.18.